The van der Waals surface area contributed by atoms with Crippen molar-refractivity contribution in [1.29, 1.82) is 0 Å². The van der Waals surface area contributed by atoms with E-state index in [2.05, 4.69) is 5.92 Å². The molecule has 1 rings (SSSR count). The van der Waals surface area contributed by atoms with E-state index >= 15 is 0 Å². The number of carbonyl (C=O) groups is 2. The molecule has 0 spiro atoms. The number of aliphatic hydroxyl groups excluding tert-OH is 1. The van der Waals surface area contributed by atoms with Gasteiger partial charge in [0, 0.05) is 12.1 Å². The Morgan fingerprint density at radius 3 is 2.45 bits per heavy atom. The van der Waals surface area contributed by atoms with Crippen LogP contribution in [0.3, 0.4) is 0 Å². The van der Waals surface area contributed by atoms with E-state index in [4.69, 9.17) is 11.5 Å². The van der Waals surface area contributed by atoms with Crippen LogP contribution < -0.4 is 0 Å². The van der Waals surface area contributed by atoms with Gasteiger partial charge in [0.1, 0.15) is 5.82 Å². The molecule has 0 saturated carbocycles. The van der Waals surface area contributed by atoms with Crippen molar-refractivity contribution in [3.8, 4) is 12.3 Å². The Morgan fingerprint density at radius 1 is 1.41 bits per heavy atom. The van der Waals surface area contributed by atoms with Gasteiger partial charge < -0.3 is 15.1 Å². The van der Waals surface area contributed by atoms with Crippen LogP contribution >= 0.6 is 0 Å². The Balaban J connectivity index is 3.19. The van der Waals surface area contributed by atoms with Gasteiger partial charge in [0.2, 0.25) is 0 Å². The standard InChI is InChI=1S/C16H18FNO4/c1-4-11-5-6-12(7-13(11)17)15(20)18(8-10(2)3)14(9-19)16(21)22/h1,5-7,10,14,19H,8-9H2,2-3H3,(H,21,22). The van der Waals surface area contributed by atoms with Crippen LogP contribution in [0.4, 0.5) is 4.39 Å². The van der Waals surface area contributed by atoms with Crippen molar-refractivity contribution >= 4 is 11.9 Å². The Labute approximate surface area is 128 Å². The second kappa shape index (κ2) is 7.57. The third-order valence-electron chi connectivity index (χ3n) is 3.03. The lowest BCUT2D eigenvalue weighted by atomic mass is 10.1. The van der Waals surface area contributed by atoms with Crippen molar-refractivity contribution in [3.63, 3.8) is 0 Å². The van der Waals surface area contributed by atoms with Crippen molar-refractivity contribution in [3.05, 3.63) is 35.1 Å². The van der Waals surface area contributed by atoms with E-state index in [0.717, 1.165) is 11.0 Å². The van der Waals surface area contributed by atoms with Crippen LogP contribution in [0.2, 0.25) is 0 Å². The maximum Gasteiger partial charge on any atom is 0.328 e. The summed E-state index contributed by atoms with van der Waals surface area (Å²) in [5.74, 6) is -0.599. The molecule has 1 unspecified atom stereocenters. The molecule has 0 fully saturated rings. The SMILES string of the molecule is C#Cc1ccc(C(=O)N(CC(C)C)C(CO)C(=O)O)cc1F. The van der Waals surface area contributed by atoms with E-state index in [1.165, 1.54) is 12.1 Å². The second-order valence-electron chi connectivity index (χ2n) is 5.23. The first-order chi connectivity index (χ1) is 10.3. The lowest BCUT2D eigenvalue weighted by molar-refractivity contribution is -0.143. The summed E-state index contributed by atoms with van der Waals surface area (Å²) in [6, 6.07) is 2.21. The molecule has 1 aromatic rings. The van der Waals surface area contributed by atoms with Gasteiger partial charge in [-0.15, -0.1) is 6.42 Å². The summed E-state index contributed by atoms with van der Waals surface area (Å²) >= 11 is 0. The fourth-order valence-corrected chi connectivity index (χ4v) is 1.99. The van der Waals surface area contributed by atoms with Gasteiger partial charge >= 0.3 is 5.97 Å². The van der Waals surface area contributed by atoms with Crippen LogP contribution in [0, 0.1) is 24.1 Å². The number of carboxylic acid groups (broad SMARTS) is 1. The second-order valence-corrected chi connectivity index (χ2v) is 5.23. The van der Waals surface area contributed by atoms with Crippen LogP contribution in [-0.4, -0.2) is 46.2 Å². The molecule has 6 heteroatoms. The number of terminal acetylenes is 1. The number of benzene rings is 1. The minimum atomic E-state index is -1.38. The van der Waals surface area contributed by atoms with E-state index < -0.39 is 30.3 Å². The number of aliphatic hydroxyl groups is 1. The molecule has 2 N–H and O–H groups in total. The Kier molecular flexibility index (Phi) is 6.08. The monoisotopic (exact) mass is 307 g/mol. The number of hydrogen-bond acceptors (Lipinski definition) is 3. The van der Waals surface area contributed by atoms with Gasteiger partial charge in [-0.05, 0) is 24.1 Å². The molecule has 118 valence electrons. The highest BCUT2D eigenvalue weighted by molar-refractivity contribution is 5.96. The number of carbonyl (C=O) groups excluding carboxylic acids is 1. The number of amides is 1. The smallest absolute Gasteiger partial charge is 0.328 e. The normalized spacial score (nSPS) is 11.8. The van der Waals surface area contributed by atoms with Gasteiger partial charge in [-0.25, -0.2) is 9.18 Å². The van der Waals surface area contributed by atoms with Gasteiger partial charge in [0.05, 0.1) is 12.2 Å². The molecule has 1 aromatic carbocycles. The average Bonchev–Trinajstić information content (AvgIpc) is 2.45. The molecule has 0 heterocycles. The average molecular weight is 307 g/mol. The zero-order valence-electron chi connectivity index (χ0n) is 12.4. The van der Waals surface area contributed by atoms with E-state index in [-0.39, 0.29) is 23.6 Å². The molecule has 0 radical (unpaired) electrons. The van der Waals surface area contributed by atoms with Crippen LogP contribution in [-0.2, 0) is 4.79 Å². The maximum atomic E-state index is 13.7. The van der Waals surface area contributed by atoms with Gasteiger partial charge in [0.15, 0.2) is 6.04 Å². The van der Waals surface area contributed by atoms with Crippen molar-refractivity contribution in [2.24, 2.45) is 5.92 Å². The fourth-order valence-electron chi connectivity index (χ4n) is 1.99. The number of hydrogen-bond donors (Lipinski definition) is 2. The van der Waals surface area contributed by atoms with Crippen molar-refractivity contribution < 1.29 is 24.2 Å². The molecular formula is C16H18FNO4. The van der Waals surface area contributed by atoms with Crippen LogP contribution in [0.1, 0.15) is 29.8 Å². The Morgan fingerprint density at radius 2 is 2.05 bits per heavy atom. The first-order valence-corrected chi connectivity index (χ1v) is 6.72. The minimum Gasteiger partial charge on any atom is -0.480 e. The van der Waals surface area contributed by atoms with Crippen LogP contribution in [0.25, 0.3) is 0 Å². The van der Waals surface area contributed by atoms with Crippen molar-refractivity contribution in [1.82, 2.24) is 4.90 Å². The van der Waals surface area contributed by atoms with Gasteiger partial charge in [-0.2, -0.15) is 0 Å². The summed E-state index contributed by atoms with van der Waals surface area (Å²) in [5, 5.41) is 18.4. The molecule has 0 bridgehead atoms. The van der Waals surface area contributed by atoms with Crippen molar-refractivity contribution in [2.45, 2.75) is 19.9 Å². The lowest BCUT2D eigenvalue weighted by Crippen LogP contribution is -2.48. The van der Waals surface area contributed by atoms with Crippen LogP contribution in [0.15, 0.2) is 18.2 Å². The predicted molar refractivity (Wildman–Crippen MR) is 78.7 cm³/mol. The first-order valence-electron chi connectivity index (χ1n) is 6.72. The molecule has 22 heavy (non-hydrogen) atoms. The van der Waals surface area contributed by atoms with Gasteiger partial charge in [-0.3, -0.25) is 4.79 Å². The van der Waals surface area contributed by atoms with E-state index in [0.29, 0.717) is 0 Å². The Hall–Kier alpha value is -2.39. The predicted octanol–water partition coefficient (Wildman–Crippen LogP) is 1.35. The van der Waals surface area contributed by atoms with E-state index in [1.54, 1.807) is 13.8 Å². The third kappa shape index (κ3) is 4.06. The number of halogens is 1. The zero-order valence-corrected chi connectivity index (χ0v) is 12.4. The van der Waals surface area contributed by atoms with E-state index in [1.807, 2.05) is 0 Å². The molecule has 1 amide bonds. The van der Waals surface area contributed by atoms with E-state index in [9.17, 15) is 19.1 Å². The molecule has 1 atom stereocenters. The molecule has 0 aromatic heterocycles. The summed E-state index contributed by atoms with van der Waals surface area (Å²) in [4.78, 5) is 24.7. The maximum absolute atomic E-state index is 13.7. The highest BCUT2D eigenvalue weighted by Crippen LogP contribution is 2.15. The molecule has 0 saturated heterocycles. The number of aliphatic carboxylic acids is 1. The summed E-state index contributed by atoms with van der Waals surface area (Å²) in [7, 11) is 0. The minimum absolute atomic E-state index is 0.0168. The van der Waals surface area contributed by atoms with Crippen LogP contribution in [0.5, 0.6) is 0 Å². The fraction of sp³-hybridized carbons (Fsp3) is 0.375. The van der Waals surface area contributed by atoms with Crippen molar-refractivity contribution in [2.75, 3.05) is 13.2 Å². The molecular weight excluding hydrogens is 289 g/mol. The van der Waals surface area contributed by atoms with Gasteiger partial charge in [-0.1, -0.05) is 19.8 Å². The summed E-state index contributed by atoms with van der Waals surface area (Å²) in [6.07, 6.45) is 5.12. The zero-order chi connectivity index (χ0) is 16.9. The summed E-state index contributed by atoms with van der Waals surface area (Å²) < 4.78 is 13.7. The molecule has 0 aliphatic carbocycles. The highest BCUT2D eigenvalue weighted by atomic mass is 19.1. The number of carboxylic acids is 1. The summed E-state index contributed by atoms with van der Waals surface area (Å²) in [6.45, 7) is 3.00. The molecule has 5 nitrogen and oxygen atoms in total. The quantitative estimate of drug-likeness (QED) is 0.778. The Bertz CT molecular complexity index is 607. The summed E-state index contributed by atoms with van der Waals surface area (Å²) in [5.41, 5.74) is 0.000697. The van der Waals surface area contributed by atoms with Gasteiger partial charge in [0.25, 0.3) is 5.91 Å². The molecule has 0 aliphatic heterocycles. The third-order valence-corrected chi connectivity index (χ3v) is 3.03. The topological polar surface area (TPSA) is 77.8 Å². The lowest BCUT2D eigenvalue weighted by Gasteiger charge is -2.29. The number of rotatable bonds is 6. The number of nitrogens with zero attached hydrogens (tertiary/aromatic N) is 1. The highest BCUT2D eigenvalue weighted by Gasteiger charge is 2.30. The largest absolute Gasteiger partial charge is 0.480 e. The molecule has 0 aliphatic rings. The first kappa shape index (κ1) is 17.7.